The lowest BCUT2D eigenvalue weighted by Crippen LogP contribution is -2.18. The Bertz CT molecular complexity index is 324. The fraction of sp³-hybridized carbons (Fsp3) is 0.500. The van der Waals surface area contributed by atoms with Crippen molar-refractivity contribution in [2.75, 3.05) is 20.3 Å². The number of ether oxygens (including phenoxy) is 1. The molecule has 0 spiro atoms. The topological polar surface area (TPSA) is 41.5 Å². The van der Waals surface area contributed by atoms with Gasteiger partial charge in [-0.2, -0.15) is 0 Å². The van der Waals surface area contributed by atoms with Gasteiger partial charge in [0.25, 0.3) is 0 Å². The van der Waals surface area contributed by atoms with Crippen LogP contribution in [0.3, 0.4) is 0 Å². The van der Waals surface area contributed by atoms with E-state index < -0.39 is 0 Å². The highest BCUT2D eigenvalue weighted by Crippen LogP contribution is 2.22. The first-order valence-electron chi connectivity index (χ1n) is 5.14. The smallest absolute Gasteiger partial charge is 0.123 e. The molecule has 0 bridgehead atoms. The molecule has 0 saturated heterocycles. The fourth-order valence-electron chi connectivity index (χ4n) is 1.48. The summed E-state index contributed by atoms with van der Waals surface area (Å²) in [6, 6.07) is 4.17. The highest BCUT2D eigenvalue weighted by Gasteiger charge is 2.04. The molecule has 0 amide bonds. The van der Waals surface area contributed by atoms with Gasteiger partial charge in [0.1, 0.15) is 5.75 Å². The first kappa shape index (κ1) is 12.0. The molecule has 0 radical (unpaired) electrons. The average Bonchev–Trinajstić information content (AvgIpc) is 2.23. The Morgan fingerprint density at radius 1 is 1.27 bits per heavy atom. The summed E-state index contributed by atoms with van der Waals surface area (Å²) in [5, 5.41) is 11.8. The quantitative estimate of drug-likeness (QED) is 0.720. The summed E-state index contributed by atoms with van der Waals surface area (Å²) in [6.07, 6.45) is 0. The van der Waals surface area contributed by atoms with E-state index in [-0.39, 0.29) is 6.61 Å². The van der Waals surface area contributed by atoms with Crippen LogP contribution in [0.5, 0.6) is 5.75 Å². The first-order chi connectivity index (χ1) is 7.19. The van der Waals surface area contributed by atoms with E-state index in [1.165, 1.54) is 11.1 Å². The van der Waals surface area contributed by atoms with Gasteiger partial charge in [0.05, 0.1) is 13.7 Å². The molecule has 2 N–H and O–H groups in total. The Labute approximate surface area is 91.1 Å². The van der Waals surface area contributed by atoms with Gasteiger partial charge >= 0.3 is 0 Å². The maximum atomic E-state index is 8.68. The van der Waals surface area contributed by atoms with Crippen molar-refractivity contribution in [2.45, 2.75) is 20.4 Å². The second-order valence-electron chi connectivity index (χ2n) is 3.65. The number of hydrogen-bond acceptors (Lipinski definition) is 3. The van der Waals surface area contributed by atoms with Gasteiger partial charge in [-0.1, -0.05) is 6.07 Å². The zero-order valence-corrected chi connectivity index (χ0v) is 9.63. The third-order valence-electron chi connectivity index (χ3n) is 2.50. The van der Waals surface area contributed by atoms with Crippen LogP contribution in [-0.2, 0) is 6.54 Å². The van der Waals surface area contributed by atoms with Crippen molar-refractivity contribution >= 4 is 0 Å². The van der Waals surface area contributed by atoms with E-state index in [1.54, 1.807) is 7.11 Å². The molecule has 0 heterocycles. The molecule has 0 saturated carbocycles. The maximum absolute atomic E-state index is 8.68. The minimum Gasteiger partial charge on any atom is -0.496 e. The molecule has 0 atom stereocenters. The second-order valence-corrected chi connectivity index (χ2v) is 3.65. The molecule has 0 unspecified atom stereocenters. The average molecular weight is 209 g/mol. The lowest BCUT2D eigenvalue weighted by atomic mass is 10.1. The van der Waals surface area contributed by atoms with Gasteiger partial charge in [0.2, 0.25) is 0 Å². The molecule has 0 aromatic heterocycles. The zero-order valence-electron chi connectivity index (χ0n) is 9.63. The van der Waals surface area contributed by atoms with Crippen LogP contribution in [0.2, 0.25) is 0 Å². The van der Waals surface area contributed by atoms with E-state index in [1.807, 2.05) is 6.07 Å². The second kappa shape index (κ2) is 5.73. The van der Waals surface area contributed by atoms with Crippen LogP contribution in [0.25, 0.3) is 0 Å². The van der Waals surface area contributed by atoms with Crippen LogP contribution < -0.4 is 10.1 Å². The minimum absolute atomic E-state index is 0.160. The number of aryl methyl sites for hydroxylation is 2. The molecule has 0 aliphatic heterocycles. The summed E-state index contributed by atoms with van der Waals surface area (Å²) in [4.78, 5) is 0. The van der Waals surface area contributed by atoms with Crippen LogP contribution in [0.1, 0.15) is 16.7 Å². The molecule has 84 valence electrons. The van der Waals surface area contributed by atoms with Gasteiger partial charge in [-0.3, -0.25) is 0 Å². The van der Waals surface area contributed by atoms with Crippen molar-refractivity contribution in [3.05, 3.63) is 28.8 Å². The Kier molecular flexibility index (Phi) is 4.59. The summed E-state index contributed by atoms with van der Waals surface area (Å²) >= 11 is 0. The van der Waals surface area contributed by atoms with Crippen molar-refractivity contribution < 1.29 is 9.84 Å². The van der Waals surface area contributed by atoms with Crippen molar-refractivity contribution in [1.29, 1.82) is 0 Å². The van der Waals surface area contributed by atoms with Gasteiger partial charge in [-0.25, -0.2) is 0 Å². The number of hydrogen-bond donors (Lipinski definition) is 2. The Morgan fingerprint density at radius 2 is 1.93 bits per heavy atom. The number of methoxy groups -OCH3 is 1. The minimum atomic E-state index is 0.160. The summed E-state index contributed by atoms with van der Waals surface area (Å²) < 4.78 is 5.31. The molecule has 1 aromatic rings. The van der Waals surface area contributed by atoms with Crippen molar-refractivity contribution in [1.82, 2.24) is 5.32 Å². The highest BCUT2D eigenvalue weighted by molar-refractivity contribution is 5.41. The molecule has 0 aliphatic carbocycles. The van der Waals surface area contributed by atoms with Crippen LogP contribution in [0, 0.1) is 13.8 Å². The van der Waals surface area contributed by atoms with E-state index in [0.29, 0.717) is 6.54 Å². The van der Waals surface area contributed by atoms with Crippen molar-refractivity contribution in [3.63, 3.8) is 0 Å². The lowest BCUT2D eigenvalue weighted by molar-refractivity contribution is 0.291. The number of rotatable bonds is 5. The van der Waals surface area contributed by atoms with Crippen LogP contribution in [0.15, 0.2) is 12.1 Å². The summed E-state index contributed by atoms with van der Waals surface area (Å²) in [7, 11) is 1.68. The van der Waals surface area contributed by atoms with E-state index >= 15 is 0 Å². The molecule has 0 fully saturated rings. The van der Waals surface area contributed by atoms with Gasteiger partial charge < -0.3 is 15.2 Å². The number of aliphatic hydroxyl groups is 1. The fourth-order valence-corrected chi connectivity index (χ4v) is 1.48. The number of aliphatic hydroxyl groups excluding tert-OH is 1. The van der Waals surface area contributed by atoms with E-state index in [4.69, 9.17) is 9.84 Å². The molecule has 15 heavy (non-hydrogen) atoms. The number of benzene rings is 1. The molecule has 0 aliphatic rings. The molecule has 3 heteroatoms. The lowest BCUT2D eigenvalue weighted by Gasteiger charge is -2.12. The van der Waals surface area contributed by atoms with E-state index in [2.05, 4.69) is 25.2 Å². The predicted octanol–water partition coefficient (Wildman–Crippen LogP) is 1.39. The highest BCUT2D eigenvalue weighted by atomic mass is 16.5. The van der Waals surface area contributed by atoms with Gasteiger partial charge in [0.15, 0.2) is 0 Å². The van der Waals surface area contributed by atoms with Crippen LogP contribution in [-0.4, -0.2) is 25.4 Å². The molecule has 1 rings (SSSR count). The Morgan fingerprint density at radius 3 is 2.53 bits per heavy atom. The summed E-state index contributed by atoms with van der Waals surface area (Å²) in [6.45, 7) is 5.65. The monoisotopic (exact) mass is 209 g/mol. The third kappa shape index (κ3) is 3.22. The summed E-state index contributed by atoms with van der Waals surface area (Å²) in [5.74, 6) is 0.906. The standard InChI is InChI=1S/C12H19NO2/c1-9-6-11(8-13-4-5-14)12(15-3)7-10(9)2/h6-7,13-14H,4-5,8H2,1-3H3. The Balaban J connectivity index is 2.80. The van der Waals surface area contributed by atoms with Crippen LogP contribution in [0.4, 0.5) is 0 Å². The molecular formula is C12H19NO2. The normalized spacial score (nSPS) is 10.4. The van der Waals surface area contributed by atoms with Crippen molar-refractivity contribution in [3.8, 4) is 5.75 Å². The molecule has 3 nitrogen and oxygen atoms in total. The van der Waals surface area contributed by atoms with Gasteiger partial charge in [0, 0.05) is 18.7 Å². The molecule has 1 aromatic carbocycles. The molecular weight excluding hydrogens is 190 g/mol. The van der Waals surface area contributed by atoms with E-state index in [0.717, 1.165) is 17.9 Å². The van der Waals surface area contributed by atoms with E-state index in [9.17, 15) is 0 Å². The van der Waals surface area contributed by atoms with Crippen molar-refractivity contribution in [2.24, 2.45) is 0 Å². The van der Waals surface area contributed by atoms with Crippen LogP contribution >= 0.6 is 0 Å². The van der Waals surface area contributed by atoms with Gasteiger partial charge in [-0.05, 0) is 31.0 Å². The Hall–Kier alpha value is -1.06. The maximum Gasteiger partial charge on any atom is 0.123 e. The number of nitrogens with one attached hydrogen (secondary N) is 1. The van der Waals surface area contributed by atoms with Gasteiger partial charge in [-0.15, -0.1) is 0 Å². The largest absolute Gasteiger partial charge is 0.496 e. The zero-order chi connectivity index (χ0) is 11.3. The summed E-state index contributed by atoms with van der Waals surface area (Å²) in [5.41, 5.74) is 3.63. The third-order valence-corrected chi connectivity index (χ3v) is 2.50. The first-order valence-corrected chi connectivity index (χ1v) is 5.14. The predicted molar refractivity (Wildman–Crippen MR) is 61.3 cm³/mol. The SMILES string of the molecule is COc1cc(C)c(C)cc1CNCCO.